The third kappa shape index (κ3) is 4.35. The van der Waals surface area contributed by atoms with Crippen LogP contribution in [-0.4, -0.2) is 6.04 Å². The quantitative estimate of drug-likeness (QED) is 0.306. The molecule has 15 heavy (non-hydrogen) atoms. The first-order valence-electron chi connectivity index (χ1n) is 6.35. The maximum atomic E-state index is 5.64. The van der Waals surface area contributed by atoms with E-state index in [1.807, 2.05) is 6.08 Å². The number of hydrogen-bond acceptors (Lipinski definition) is 2. The van der Waals surface area contributed by atoms with Crippen LogP contribution in [0, 0.1) is 11.8 Å². The summed E-state index contributed by atoms with van der Waals surface area (Å²) >= 11 is 0. The second kappa shape index (κ2) is 7.02. The van der Waals surface area contributed by atoms with Crippen molar-refractivity contribution in [2.75, 3.05) is 0 Å². The molecule has 0 aromatic rings. The summed E-state index contributed by atoms with van der Waals surface area (Å²) in [7, 11) is 0. The third-order valence-corrected chi connectivity index (χ3v) is 3.77. The van der Waals surface area contributed by atoms with Crippen LogP contribution in [0.25, 0.3) is 0 Å². The first kappa shape index (κ1) is 12.7. The van der Waals surface area contributed by atoms with Crippen LogP contribution >= 0.6 is 0 Å². The molecular weight excluding hydrogens is 184 g/mol. The zero-order valence-corrected chi connectivity index (χ0v) is 10.0. The summed E-state index contributed by atoms with van der Waals surface area (Å²) in [5, 5.41) is 0. The number of hydrazine groups is 1. The van der Waals surface area contributed by atoms with Crippen LogP contribution in [-0.2, 0) is 0 Å². The van der Waals surface area contributed by atoms with Crippen molar-refractivity contribution in [3.8, 4) is 0 Å². The van der Waals surface area contributed by atoms with Gasteiger partial charge in [0.2, 0.25) is 0 Å². The van der Waals surface area contributed by atoms with Gasteiger partial charge in [0.25, 0.3) is 0 Å². The minimum atomic E-state index is 0.525. The number of rotatable bonds is 6. The van der Waals surface area contributed by atoms with Gasteiger partial charge in [-0.15, -0.1) is 6.58 Å². The van der Waals surface area contributed by atoms with Crippen molar-refractivity contribution >= 4 is 0 Å². The molecule has 0 radical (unpaired) electrons. The Morgan fingerprint density at radius 2 is 2.07 bits per heavy atom. The van der Waals surface area contributed by atoms with E-state index >= 15 is 0 Å². The van der Waals surface area contributed by atoms with E-state index in [0.717, 1.165) is 18.3 Å². The Morgan fingerprint density at radius 1 is 1.40 bits per heavy atom. The van der Waals surface area contributed by atoms with Gasteiger partial charge in [-0.2, -0.15) is 0 Å². The minimum Gasteiger partial charge on any atom is -0.271 e. The Kier molecular flexibility index (Phi) is 5.96. The molecule has 0 heterocycles. The summed E-state index contributed by atoms with van der Waals surface area (Å²) in [6, 6.07) is 0.525. The van der Waals surface area contributed by atoms with Gasteiger partial charge in [0.1, 0.15) is 0 Å². The van der Waals surface area contributed by atoms with E-state index in [-0.39, 0.29) is 0 Å². The maximum Gasteiger partial charge on any atom is 0.0238 e. The first-order valence-corrected chi connectivity index (χ1v) is 6.35. The fourth-order valence-electron chi connectivity index (χ4n) is 2.63. The van der Waals surface area contributed by atoms with Crippen molar-refractivity contribution in [2.45, 2.75) is 57.9 Å². The third-order valence-electron chi connectivity index (χ3n) is 3.77. The van der Waals surface area contributed by atoms with Crippen LogP contribution in [0.3, 0.4) is 0 Å². The van der Waals surface area contributed by atoms with Crippen LogP contribution in [0.2, 0.25) is 0 Å². The fourth-order valence-corrected chi connectivity index (χ4v) is 2.63. The number of hydrogen-bond donors (Lipinski definition) is 2. The summed E-state index contributed by atoms with van der Waals surface area (Å²) in [4.78, 5) is 0. The molecule has 0 spiro atoms. The summed E-state index contributed by atoms with van der Waals surface area (Å²) in [6.07, 6.45) is 11.0. The maximum absolute atomic E-state index is 5.64. The largest absolute Gasteiger partial charge is 0.271 e. The molecule has 1 saturated carbocycles. The molecule has 2 nitrogen and oxygen atoms in total. The molecule has 1 atom stereocenters. The SMILES string of the molecule is C=CCCCC(NN)C1CCC(C)CC1. The molecule has 0 saturated heterocycles. The lowest BCUT2D eigenvalue weighted by atomic mass is 9.78. The van der Waals surface area contributed by atoms with Gasteiger partial charge >= 0.3 is 0 Å². The van der Waals surface area contributed by atoms with Gasteiger partial charge in [-0.25, -0.2) is 0 Å². The Hall–Kier alpha value is -0.340. The molecule has 0 bridgehead atoms. The first-order chi connectivity index (χ1) is 7.27. The van der Waals surface area contributed by atoms with Crippen LogP contribution in [0.15, 0.2) is 12.7 Å². The summed E-state index contributed by atoms with van der Waals surface area (Å²) in [6.45, 7) is 6.11. The van der Waals surface area contributed by atoms with Crippen molar-refractivity contribution < 1.29 is 0 Å². The Bertz CT molecular complexity index is 171. The molecule has 88 valence electrons. The van der Waals surface area contributed by atoms with Gasteiger partial charge in [0.15, 0.2) is 0 Å². The Balaban J connectivity index is 2.27. The number of allylic oxidation sites excluding steroid dienone is 1. The monoisotopic (exact) mass is 210 g/mol. The van der Waals surface area contributed by atoms with Gasteiger partial charge in [0.05, 0.1) is 0 Å². The van der Waals surface area contributed by atoms with E-state index in [0.29, 0.717) is 6.04 Å². The summed E-state index contributed by atoms with van der Waals surface area (Å²) in [5.74, 6) is 7.37. The predicted molar refractivity (Wildman–Crippen MR) is 66.3 cm³/mol. The Morgan fingerprint density at radius 3 is 2.60 bits per heavy atom. The van der Waals surface area contributed by atoms with Crippen molar-refractivity contribution in [3.05, 3.63) is 12.7 Å². The molecule has 1 rings (SSSR count). The zero-order chi connectivity index (χ0) is 11.1. The number of nitrogens with one attached hydrogen (secondary N) is 1. The van der Waals surface area contributed by atoms with Crippen LogP contribution in [0.1, 0.15) is 51.9 Å². The van der Waals surface area contributed by atoms with E-state index < -0.39 is 0 Å². The number of unbranched alkanes of at least 4 members (excludes halogenated alkanes) is 1. The van der Waals surface area contributed by atoms with Crippen LogP contribution in [0.5, 0.6) is 0 Å². The second-order valence-corrected chi connectivity index (χ2v) is 5.01. The van der Waals surface area contributed by atoms with Gasteiger partial charge < -0.3 is 0 Å². The molecule has 0 aromatic carbocycles. The average Bonchev–Trinajstić information content (AvgIpc) is 2.26. The lowest BCUT2D eigenvalue weighted by Crippen LogP contribution is -2.42. The normalized spacial score (nSPS) is 28.7. The molecule has 1 aliphatic rings. The zero-order valence-electron chi connectivity index (χ0n) is 10.0. The van der Waals surface area contributed by atoms with Crippen molar-refractivity contribution in [2.24, 2.45) is 17.7 Å². The van der Waals surface area contributed by atoms with E-state index in [4.69, 9.17) is 5.84 Å². The molecule has 3 N–H and O–H groups in total. The molecule has 2 heteroatoms. The lowest BCUT2D eigenvalue weighted by molar-refractivity contribution is 0.221. The Labute approximate surface area is 94.3 Å². The van der Waals surface area contributed by atoms with E-state index in [9.17, 15) is 0 Å². The second-order valence-electron chi connectivity index (χ2n) is 5.01. The fraction of sp³-hybridized carbons (Fsp3) is 0.846. The highest BCUT2D eigenvalue weighted by molar-refractivity contribution is 4.80. The molecule has 0 aromatic heterocycles. The predicted octanol–water partition coefficient (Wildman–Crippen LogP) is 3.00. The van der Waals surface area contributed by atoms with Crippen LogP contribution in [0.4, 0.5) is 0 Å². The highest BCUT2D eigenvalue weighted by atomic mass is 15.2. The molecule has 0 amide bonds. The molecule has 0 aliphatic heterocycles. The van der Waals surface area contributed by atoms with E-state index in [2.05, 4.69) is 18.9 Å². The van der Waals surface area contributed by atoms with Crippen LogP contribution < -0.4 is 11.3 Å². The van der Waals surface area contributed by atoms with Crippen molar-refractivity contribution in [1.29, 1.82) is 0 Å². The highest BCUT2D eigenvalue weighted by Crippen LogP contribution is 2.31. The summed E-state index contributed by atoms with van der Waals surface area (Å²) < 4.78 is 0. The minimum absolute atomic E-state index is 0.525. The number of nitrogens with two attached hydrogens (primary N) is 1. The molecule has 1 fully saturated rings. The standard InChI is InChI=1S/C13H26N2/c1-3-4-5-6-13(15-14)12-9-7-11(2)8-10-12/h3,11-13,15H,1,4-10,14H2,2H3. The molecule has 1 unspecified atom stereocenters. The molecular formula is C13H26N2. The average molecular weight is 210 g/mol. The summed E-state index contributed by atoms with van der Waals surface area (Å²) in [5.41, 5.74) is 3.01. The lowest BCUT2D eigenvalue weighted by Gasteiger charge is -2.32. The van der Waals surface area contributed by atoms with E-state index in [1.54, 1.807) is 0 Å². The smallest absolute Gasteiger partial charge is 0.0238 e. The van der Waals surface area contributed by atoms with Gasteiger partial charge in [-0.05, 0) is 43.9 Å². The van der Waals surface area contributed by atoms with Gasteiger partial charge in [-0.3, -0.25) is 11.3 Å². The molecule has 1 aliphatic carbocycles. The van der Waals surface area contributed by atoms with Crippen molar-refractivity contribution in [1.82, 2.24) is 5.43 Å². The van der Waals surface area contributed by atoms with E-state index in [1.165, 1.54) is 38.5 Å². The highest BCUT2D eigenvalue weighted by Gasteiger charge is 2.24. The van der Waals surface area contributed by atoms with Gasteiger partial charge in [-0.1, -0.05) is 25.8 Å². The van der Waals surface area contributed by atoms with Crippen molar-refractivity contribution in [3.63, 3.8) is 0 Å². The van der Waals surface area contributed by atoms with Gasteiger partial charge in [0, 0.05) is 6.04 Å². The topological polar surface area (TPSA) is 38.0 Å².